The first-order valence-electron chi connectivity index (χ1n) is 6.87. The summed E-state index contributed by atoms with van der Waals surface area (Å²) in [6, 6.07) is 0.155. The number of hydrogen-bond donors (Lipinski definition) is 1. The number of piperidine rings is 1. The van der Waals surface area contributed by atoms with E-state index in [-0.39, 0.29) is 18.1 Å². The molecule has 2 fully saturated rings. The van der Waals surface area contributed by atoms with Crippen molar-refractivity contribution in [2.75, 3.05) is 40.3 Å². The van der Waals surface area contributed by atoms with E-state index in [1.54, 1.807) is 7.11 Å². The van der Waals surface area contributed by atoms with Crippen LogP contribution in [0, 0.1) is 5.92 Å². The molecule has 0 bridgehead atoms. The van der Waals surface area contributed by atoms with Gasteiger partial charge in [-0.05, 0) is 32.9 Å². The number of nitrogens with two attached hydrogens (primary N) is 1. The fourth-order valence-electron chi connectivity index (χ4n) is 3.11. The van der Waals surface area contributed by atoms with Crippen LogP contribution in [-0.4, -0.2) is 68.2 Å². The number of ether oxygens (including phenoxy) is 1. The molecule has 0 aliphatic carbocycles. The summed E-state index contributed by atoms with van der Waals surface area (Å²) in [5.41, 5.74) is 5.81. The summed E-state index contributed by atoms with van der Waals surface area (Å²) >= 11 is 0. The molecular weight excluding hydrogens is 230 g/mol. The maximum Gasteiger partial charge on any atom is 0.227 e. The number of carbonyl (C=O) groups excluding carboxylic acids is 1. The molecule has 0 aromatic carbocycles. The van der Waals surface area contributed by atoms with Gasteiger partial charge >= 0.3 is 0 Å². The first-order valence-corrected chi connectivity index (χ1v) is 6.87. The Morgan fingerprint density at radius 2 is 2.17 bits per heavy atom. The van der Waals surface area contributed by atoms with E-state index >= 15 is 0 Å². The highest BCUT2D eigenvalue weighted by Gasteiger charge is 2.36. The second-order valence-corrected chi connectivity index (χ2v) is 5.55. The molecule has 2 saturated heterocycles. The lowest BCUT2D eigenvalue weighted by Crippen LogP contribution is -2.53. The Morgan fingerprint density at radius 1 is 1.39 bits per heavy atom. The number of nitrogens with zero attached hydrogens (tertiary/aromatic N) is 2. The summed E-state index contributed by atoms with van der Waals surface area (Å²) in [6.07, 6.45) is 3.05. The first kappa shape index (κ1) is 13.8. The van der Waals surface area contributed by atoms with Crippen LogP contribution in [0.2, 0.25) is 0 Å². The maximum absolute atomic E-state index is 12.5. The van der Waals surface area contributed by atoms with Gasteiger partial charge in [-0.3, -0.25) is 4.79 Å². The van der Waals surface area contributed by atoms with Gasteiger partial charge in [0.2, 0.25) is 5.91 Å². The smallest absolute Gasteiger partial charge is 0.227 e. The van der Waals surface area contributed by atoms with Gasteiger partial charge in [-0.25, -0.2) is 0 Å². The summed E-state index contributed by atoms with van der Waals surface area (Å²) in [6.45, 7) is 3.24. The number of amides is 1. The third-order valence-electron chi connectivity index (χ3n) is 4.30. The summed E-state index contributed by atoms with van der Waals surface area (Å²) in [5.74, 6) is 0.465. The lowest BCUT2D eigenvalue weighted by Gasteiger charge is -2.39. The predicted octanol–water partition coefficient (Wildman–Crippen LogP) is -0.0972. The van der Waals surface area contributed by atoms with E-state index in [9.17, 15) is 4.79 Å². The van der Waals surface area contributed by atoms with E-state index in [1.165, 1.54) is 0 Å². The molecule has 2 aliphatic rings. The zero-order valence-corrected chi connectivity index (χ0v) is 11.5. The van der Waals surface area contributed by atoms with Crippen LogP contribution < -0.4 is 5.73 Å². The van der Waals surface area contributed by atoms with E-state index in [0.717, 1.165) is 38.9 Å². The Labute approximate surface area is 109 Å². The quantitative estimate of drug-likeness (QED) is 0.765. The minimum absolute atomic E-state index is 0.155. The van der Waals surface area contributed by atoms with E-state index in [4.69, 9.17) is 10.5 Å². The second-order valence-electron chi connectivity index (χ2n) is 5.55. The lowest BCUT2D eigenvalue weighted by molar-refractivity contribution is -0.140. The normalized spacial score (nSPS) is 33.9. The van der Waals surface area contributed by atoms with Gasteiger partial charge in [-0.2, -0.15) is 0 Å². The van der Waals surface area contributed by atoms with Crippen LogP contribution in [0.25, 0.3) is 0 Å². The van der Waals surface area contributed by atoms with Gasteiger partial charge < -0.3 is 20.3 Å². The summed E-state index contributed by atoms with van der Waals surface area (Å²) in [7, 11) is 3.81. The Balaban J connectivity index is 1.96. The monoisotopic (exact) mass is 255 g/mol. The molecule has 5 heteroatoms. The van der Waals surface area contributed by atoms with Crippen LogP contribution in [0.5, 0.6) is 0 Å². The zero-order chi connectivity index (χ0) is 13.1. The Bertz CT molecular complexity index is 298. The van der Waals surface area contributed by atoms with E-state index in [2.05, 4.69) is 11.9 Å². The van der Waals surface area contributed by atoms with Crippen molar-refractivity contribution >= 4 is 5.91 Å². The van der Waals surface area contributed by atoms with Crippen LogP contribution in [0.15, 0.2) is 0 Å². The average Bonchev–Trinajstić information content (AvgIpc) is 2.83. The van der Waals surface area contributed by atoms with Crippen molar-refractivity contribution in [2.24, 2.45) is 11.7 Å². The SMILES string of the molecule is COC1CCN(C(=O)C2CCN(C)C2)C(CN)C1. The summed E-state index contributed by atoms with van der Waals surface area (Å²) < 4.78 is 5.39. The molecular formula is C13H25N3O2. The van der Waals surface area contributed by atoms with Crippen LogP contribution in [0.3, 0.4) is 0 Å². The van der Waals surface area contributed by atoms with Crippen LogP contribution in [0.4, 0.5) is 0 Å². The number of rotatable bonds is 3. The van der Waals surface area contributed by atoms with Crippen molar-refractivity contribution in [3.63, 3.8) is 0 Å². The molecule has 2 aliphatic heterocycles. The highest BCUT2D eigenvalue weighted by atomic mass is 16.5. The molecule has 0 aromatic heterocycles. The zero-order valence-electron chi connectivity index (χ0n) is 11.5. The van der Waals surface area contributed by atoms with Gasteiger partial charge in [-0.1, -0.05) is 0 Å². The first-order chi connectivity index (χ1) is 8.65. The molecule has 0 saturated carbocycles. The topological polar surface area (TPSA) is 58.8 Å². The van der Waals surface area contributed by atoms with Crippen LogP contribution in [0.1, 0.15) is 19.3 Å². The van der Waals surface area contributed by atoms with Gasteiger partial charge in [-0.15, -0.1) is 0 Å². The molecule has 5 nitrogen and oxygen atoms in total. The number of hydrogen-bond acceptors (Lipinski definition) is 4. The van der Waals surface area contributed by atoms with Crippen molar-refractivity contribution in [3.8, 4) is 0 Å². The molecule has 0 radical (unpaired) electrons. The standard InChI is InChI=1S/C13H25N3O2/c1-15-5-3-10(9-15)13(17)16-6-4-12(18-2)7-11(16)8-14/h10-12H,3-9,14H2,1-2H3. The molecule has 0 spiro atoms. The van der Waals surface area contributed by atoms with Crippen LogP contribution >= 0.6 is 0 Å². The molecule has 2 heterocycles. The van der Waals surface area contributed by atoms with Crippen molar-refractivity contribution in [1.29, 1.82) is 0 Å². The molecule has 104 valence electrons. The lowest BCUT2D eigenvalue weighted by atomic mass is 9.96. The number of carbonyl (C=O) groups is 1. The van der Waals surface area contributed by atoms with Gasteiger partial charge in [0.25, 0.3) is 0 Å². The fraction of sp³-hybridized carbons (Fsp3) is 0.923. The van der Waals surface area contributed by atoms with E-state index in [1.807, 2.05) is 4.90 Å². The van der Waals surface area contributed by atoms with Crippen molar-refractivity contribution in [1.82, 2.24) is 9.80 Å². The average molecular weight is 255 g/mol. The van der Waals surface area contributed by atoms with Crippen LogP contribution in [-0.2, 0) is 9.53 Å². The van der Waals surface area contributed by atoms with Crippen molar-refractivity contribution in [3.05, 3.63) is 0 Å². The summed E-state index contributed by atoms with van der Waals surface area (Å²) in [4.78, 5) is 16.7. The molecule has 3 atom stereocenters. The third kappa shape index (κ3) is 2.84. The van der Waals surface area contributed by atoms with E-state index < -0.39 is 0 Å². The highest BCUT2D eigenvalue weighted by Crippen LogP contribution is 2.24. The molecule has 3 unspecified atom stereocenters. The molecule has 18 heavy (non-hydrogen) atoms. The van der Waals surface area contributed by atoms with Gasteiger partial charge in [0, 0.05) is 32.8 Å². The van der Waals surface area contributed by atoms with Crippen molar-refractivity contribution in [2.45, 2.75) is 31.4 Å². The molecule has 1 amide bonds. The molecule has 0 aromatic rings. The van der Waals surface area contributed by atoms with Gasteiger partial charge in [0.15, 0.2) is 0 Å². The van der Waals surface area contributed by atoms with E-state index in [0.29, 0.717) is 12.5 Å². The van der Waals surface area contributed by atoms with Gasteiger partial charge in [0.1, 0.15) is 0 Å². The third-order valence-corrected chi connectivity index (χ3v) is 4.30. The van der Waals surface area contributed by atoms with Gasteiger partial charge in [0.05, 0.1) is 12.0 Å². The molecule has 2 rings (SSSR count). The Kier molecular flexibility index (Phi) is 4.59. The number of methoxy groups -OCH3 is 1. The Hall–Kier alpha value is -0.650. The minimum atomic E-state index is 0.155. The largest absolute Gasteiger partial charge is 0.381 e. The fourth-order valence-corrected chi connectivity index (χ4v) is 3.11. The minimum Gasteiger partial charge on any atom is -0.381 e. The second kappa shape index (κ2) is 5.99. The number of likely N-dealkylation sites (tertiary alicyclic amines) is 2. The summed E-state index contributed by atoms with van der Waals surface area (Å²) in [5, 5.41) is 0. The van der Waals surface area contributed by atoms with Crippen molar-refractivity contribution < 1.29 is 9.53 Å². The molecule has 2 N–H and O–H groups in total. The Morgan fingerprint density at radius 3 is 2.72 bits per heavy atom. The highest BCUT2D eigenvalue weighted by molar-refractivity contribution is 5.80. The maximum atomic E-state index is 12.5. The predicted molar refractivity (Wildman–Crippen MR) is 70.2 cm³/mol.